The quantitative estimate of drug-likeness (QED) is 0.710. The average Bonchev–Trinajstić information content (AvgIpc) is 2.30. The lowest BCUT2D eigenvalue weighted by atomic mass is 10.1. The van der Waals surface area contributed by atoms with Gasteiger partial charge in [-0.15, -0.1) is 0 Å². The van der Waals surface area contributed by atoms with Gasteiger partial charge in [-0.3, -0.25) is 4.98 Å². The number of allylic oxidation sites excluding steroid dienone is 2. The molecule has 0 aliphatic rings. The molecule has 0 fully saturated rings. The van der Waals surface area contributed by atoms with Gasteiger partial charge in [-0.1, -0.05) is 53.0 Å². The highest BCUT2D eigenvalue weighted by Gasteiger charge is 2.11. The Balaban J connectivity index is 2.66. The van der Waals surface area contributed by atoms with E-state index in [1.165, 1.54) is 0 Å². The van der Waals surface area contributed by atoms with E-state index in [-0.39, 0.29) is 0 Å². The summed E-state index contributed by atoms with van der Waals surface area (Å²) in [5.41, 5.74) is 2.62. The number of pyridine rings is 1. The van der Waals surface area contributed by atoms with Gasteiger partial charge in [0.25, 0.3) is 0 Å². The highest BCUT2D eigenvalue weighted by Crippen LogP contribution is 2.32. The molecule has 0 radical (unpaired) electrons. The van der Waals surface area contributed by atoms with Gasteiger partial charge in [-0.2, -0.15) is 0 Å². The van der Waals surface area contributed by atoms with Crippen LogP contribution in [0.4, 0.5) is 0 Å². The normalized spacial score (nSPS) is 12.2. The Labute approximate surface area is 121 Å². The predicted molar refractivity (Wildman–Crippen MR) is 79.8 cm³/mol. The first-order chi connectivity index (χ1) is 8.50. The minimum absolute atomic E-state index is 0.619. The van der Waals surface area contributed by atoms with Crippen molar-refractivity contribution in [2.24, 2.45) is 0 Å². The fourth-order valence-electron chi connectivity index (χ4n) is 1.84. The van der Waals surface area contributed by atoms with E-state index in [2.05, 4.69) is 4.98 Å². The molecule has 18 heavy (non-hydrogen) atoms. The molecule has 0 N–H and O–H groups in total. The number of para-hydroxylation sites is 1. The van der Waals surface area contributed by atoms with Crippen LogP contribution in [-0.4, -0.2) is 4.98 Å². The van der Waals surface area contributed by atoms with Gasteiger partial charge in [-0.25, -0.2) is 0 Å². The second-order valence-corrected chi connectivity index (χ2v) is 5.50. The Morgan fingerprint density at radius 3 is 2.72 bits per heavy atom. The molecule has 0 aliphatic carbocycles. The molecule has 94 valence electrons. The molecule has 4 heteroatoms. The summed E-state index contributed by atoms with van der Waals surface area (Å²) in [4.78, 5) is 4.53. The van der Waals surface area contributed by atoms with Crippen LogP contribution in [0.15, 0.2) is 29.3 Å². The average molecular weight is 301 g/mol. The second-order valence-electron chi connectivity index (χ2n) is 4.12. The zero-order chi connectivity index (χ0) is 13.3. The minimum atomic E-state index is 0.619. The van der Waals surface area contributed by atoms with Gasteiger partial charge < -0.3 is 0 Å². The van der Waals surface area contributed by atoms with Crippen LogP contribution in [0.3, 0.4) is 0 Å². The summed E-state index contributed by atoms with van der Waals surface area (Å²) in [7, 11) is 0. The highest BCUT2D eigenvalue weighted by atomic mass is 35.5. The van der Waals surface area contributed by atoms with Gasteiger partial charge in [-0.05, 0) is 31.9 Å². The molecule has 1 heterocycles. The zero-order valence-corrected chi connectivity index (χ0v) is 12.4. The van der Waals surface area contributed by atoms with Crippen LogP contribution in [0.5, 0.6) is 0 Å². The van der Waals surface area contributed by atoms with Crippen molar-refractivity contribution in [3.63, 3.8) is 0 Å². The lowest BCUT2D eigenvalue weighted by Crippen LogP contribution is -1.95. The summed E-state index contributed by atoms with van der Waals surface area (Å²) in [5, 5.41) is 2.95. The standard InChI is InChI=1S/C14H12Cl3N/c1-8(15)6-7-10-9(2)18-14-11(13(10)17)4-3-5-12(14)16/h3-6H,7H2,1-2H3/b8-6+. The molecule has 2 aromatic rings. The van der Waals surface area contributed by atoms with Crippen molar-refractivity contribution in [1.82, 2.24) is 4.98 Å². The summed E-state index contributed by atoms with van der Waals surface area (Å²) in [5.74, 6) is 0. The van der Waals surface area contributed by atoms with Gasteiger partial charge in [0.2, 0.25) is 0 Å². The summed E-state index contributed by atoms with van der Waals surface area (Å²) < 4.78 is 0. The molecule has 0 bridgehead atoms. The molecule has 1 aromatic carbocycles. The number of benzene rings is 1. The Bertz CT molecular complexity index is 628. The molecule has 0 saturated carbocycles. The van der Waals surface area contributed by atoms with Crippen molar-refractivity contribution >= 4 is 45.7 Å². The van der Waals surface area contributed by atoms with Crippen molar-refractivity contribution in [1.29, 1.82) is 0 Å². The molecule has 2 rings (SSSR count). The van der Waals surface area contributed by atoms with Gasteiger partial charge in [0.1, 0.15) is 0 Å². The molecule has 1 nitrogen and oxygen atoms in total. The van der Waals surface area contributed by atoms with E-state index < -0.39 is 0 Å². The fourth-order valence-corrected chi connectivity index (χ4v) is 2.50. The Hall–Kier alpha value is -0.760. The smallest absolute Gasteiger partial charge is 0.0906 e. The molecule has 1 aromatic heterocycles. The van der Waals surface area contributed by atoms with E-state index in [0.717, 1.165) is 27.2 Å². The third kappa shape index (κ3) is 2.64. The van der Waals surface area contributed by atoms with Crippen LogP contribution in [0.25, 0.3) is 10.9 Å². The van der Waals surface area contributed by atoms with E-state index in [0.29, 0.717) is 16.5 Å². The van der Waals surface area contributed by atoms with Crippen molar-refractivity contribution in [3.05, 3.63) is 50.6 Å². The van der Waals surface area contributed by atoms with E-state index in [4.69, 9.17) is 34.8 Å². The van der Waals surface area contributed by atoms with Crippen LogP contribution >= 0.6 is 34.8 Å². The first-order valence-corrected chi connectivity index (χ1v) is 6.69. The maximum Gasteiger partial charge on any atom is 0.0906 e. The molecule has 0 aliphatic heterocycles. The van der Waals surface area contributed by atoms with E-state index in [1.807, 2.05) is 38.1 Å². The molecular weight excluding hydrogens is 289 g/mol. The third-order valence-electron chi connectivity index (χ3n) is 2.79. The molecule has 0 unspecified atom stereocenters. The van der Waals surface area contributed by atoms with E-state index >= 15 is 0 Å². The fraction of sp³-hybridized carbons (Fsp3) is 0.214. The number of aryl methyl sites for hydroxylation is 1. The Morgan fingerprint density at radius 2 is 2.06 bits per heavy atom. The van der Waals surface area contributed by atoms with Crippen molar-refractivity contribution in [3.8, 4) is 0 Å². The number of rotatable bonds is 2. The van der Waals surface area contributed by atoms with Crippen molar-refractivity contribution < 1.29 is 0 Å². The monoisotopic (exact) mass is 299 g/mol. The maximum absolute atomic E-state index is 6.43. The van der Waals surface area contributed by atoms with Gasteiger partial charge in [0.05, 0.1) is 15.6 Å². The highest BCUT2D eigenvalue weighted by molar-refractivity contribution is 6.39. The lowest BCUT2D eigenvalue weighted by Gasteiger charge is -2.10. The largest absolute Gasteiger partial charge is 0.251 e. The molecule has 0 atom stereocenters. The zero-order valence-electron chi connectivity index (χ0n) is 10.1. The summed E-state index contributed by atoms with van der Waals surface area (Å²) in [6.07, 6.45) is 2.60. The number of aromatic nitrogens is 1. The minimum Gasteiger partial charge on any atom is -0.251 e. The number of hydrogen-bond donors (Lipinski definition) is 0. The van der Waals surface area contributed by atoms with Crippen LogP contribution in [0.2, 0.25) is 10.0 Å². The Morgan fingerprint density at radius 1 is 1.33 bits per heavy atom. The SMILES string of the molecule is C/C(Cl)=C\Cc1c(C)nc2c(Cl)cccc2c1Cl. The third-order valence-corrected chi connectivity index (χ3v) is 3.68. The summed E-state index contributed by atoms with van der Waals surface area (Å²) >= 11 is 18.4. The molecule has 0 saturated heterocycles. The Kier molecular flexibility index (Phi) is 4.16. The van der Waals surface area contributed by atoms with E-state index in [9.17, 15) is 0 Å². The second kappa shape index (κ2) is 5.48. The van der Waals surface area contributed by atoms with Gasteiger partial charge in [0, 0.05) is 16.1 Å². The van der Waals surface area contributed by atoms with Crippen LogP contribution in [-0.2, 0) is 6.42 Å². The van der Waals surface area contributed by atoms with E-state index in [1.54, 1.807) is 0 Å². The first kappa shape index (κ1) is 13.7. The number of fused-ring (bicyclic) bond motifs is 1. The summed E-state index contributed by atoms with van der Waals surface area (Å²) in [6, 6.07) is 5.62. The topological polar surface area (TPSA) is 12.9 Å². The van der Waals surface area contributed by atoms with Crippen molar-refractivity contribution in [2.75, 3.05) is 0 Å². The predicted octanol–water partition coefficient (Wildman–Crippen LogP) is 5.54. The van der Waals surface area contributed by atoms with Crippen LogP contribution < -0.4 is 0 Å². The van der Waals surface area contributed by atoms with Crippen LogP contribution in [0, 0.1) is 6.92 Å². The lowest BCUT2D eigenvalue weighted by molar-refractivity contribution is 1.13. The van der Waals surface area contributed by atoms with Gasteiger partial charge >= 0.3 is 0 Å². The maximum atomic E-state index is 6.43. The first-order valence-electron chi connectivity index (χ1n) is 5.56. The number of hydrogen-bond acceptors (Lipinski definition) is 1. The van der Waals surface area contributed by atoms with Crippen molar-refractivity contribution in [2.45, 2.75) is 20.3 Å². The molecular formula is C14H12Cl3N. The summed E-state index contributed by atoms with van der Waals surface area (Å²) in [6.45, 7) is 3.78. The van der Waals surface area contributed by atoms with Gasteiger partial charge in [0.15, 0.2) is 0 Å². The van der Waals surface area contributed by atoms with Crippen LogP contribution in [0.1, 0.15) is 18.2 Å². The molecule has 0 amide bonds. The molecule has 0 spiro atoms. The number of nitrogens with zero attached hydrogens (tertiary/aromatic N) is 1. The number of halogens is 3.